The molecule has 1 fully saturated rings. The number of carboxylic acids is 1. The molecule has 3 N–H and O–H groups in total. The van der Waals surface area contributed by atoms with Gasteiger partial charge in [-0.3, -0.25) is 9.59 Å². The molecule has 1 aliphatic rings. The fourth-order valence-electron chi connectivity index (χ4n) is 2.67. The molecule has 0 aliphatic carbocycles. The van der Waals surface area contributed by atoms with Crippen LogP contribution in [-0.2, 0) is 4.79 Å². The molecular formula is C15H19NO5. The summed E-state index contributed by atoms with van der Waals surface area (Å²) >= 11 is 0. The minimum atomic E-state index is -1.06. The Morgan fingerprint density at radius 1 is 1.24 bits per heavy atom. The van der Waals surface area contributed by atoms with Crippen LogP contribution in [0.15, 0.2) is 12.1 Å². The Morgan fingerprint density at radius 2 is 1.81 bits per heavy atom. The Hall–Kier alpha value is -2.08. The van der Waals surface area contributed by atoms with Gasteiger partial charge in [0.05, 0.1) is 12.0 Å². The maximum absolute atomic E-state index is 12.4. The highest BCUT2D eigenvalue weighted by Crippen LogP contribution is 2.25. The normalized spacial score (nSPS) is 22.1. The Balaban J connectivity index is 2.17. The average molecular weight is 293 g/mol. The molecular weight excluding hydrogens is 274 g/mol. The molecule has 1 heterocycles. The second-order valence-electron chi connectivity index (χ2n) is 5.51. The van der Waals surface area contributed by atoms with Crippen LogP contribution in [0.25, 0.3) is 0 Å². The molecule has 6 nitrogen and oxygen atoms in total. The lowest BCUT2D eigenvalue weighted by Crippen LogP contribution is -2.48. The van der Waals surface area contributed by atoms with Crippen LogP contribution in [0.4, 0.5) is 0 Å². The molecule has 6 heteroatoms. The second kappa shape index (κ2) is 5.73. The van der Waals surface area contributed by atoms with Gasteiger partial charge in [0, 0.05) is 18.7 Å². The van der Waals surface area contributed by atoms with Crippen molar-refractivity contribution < 1.29 is 24.9 Å². The van der Waals surface area contributed by atoms with Gasteiger partial charge in [-0.05, 0) is 43.5 Å². The van der Waals surface area contributed by atoms with Crippen molar-refractivity contribution in [3.63, 3.8) is 0 Å². The Labute approximate surface area is 122 Å². The summed E-state index contributed by atoms with van der Waals surface area (Å²) in [5.41, 5.74) is 1.66. The van der Waals surface area contributed by atoms with Crippen LogP contribution in [0, 0.1) is 19.8 Å². The molecule has 1 aromatic rings. The summed E-state index contributed by atoms with van der Waals surface area (Å²) in [4.78, 5) is 24.8. The number of aliphatic hydroxyl groups excluding tert-OH is 1. The molecule has 0 saturated carbocycles. The second-order valence-corrected chi connectivity index (χ2v) is 5.51. The van der Waals surface area contributed by atoms with Crippen molar-refractivity contribution in [3.8, 4) is 5.75 Å². The first-order chi connectivity index (χ1) is 9.81. The van der Waals surface area contributed by atoms with Crippen molar-refractivity contribution in [1.82, 2.24) is 4.90 Å². The number of nitrogens with zero attached hydrogens (tertiary/aromatic N) is 1. The molecule has 0 spiro atoms. The van der Waals surface area contributed by atoms with Crippen LogP contribution in [0.5, 0.6) is 5.75 Å². The fourth-order valence-corrected chi connectivity index (χ4v) is 2.67. The molecule has 1 amide bonds. The molecule has 2 atom stereocenters. The third kappa shape index (κ3) is 3.00. The van der Waals surface area contributed by atoms with Gasteiger partial charge in [0.15, 0.2) is 0 Å². The summed E-state index contributed by atoms with van der Waals surface area (Å²) in [5.74, 6) is -1.96. The zero-order chi connectivity index (χ0) is 15.7. The summed E-state index contributed by atoms with van der Waals surface area (Å²) < 4.78 is 0. The number of aliphatic hydroxyl groups is 1. The molecule has 0 radical (unpaired) electrons. The van der Waals surface area contributed by atoms with E-state index in [9.17, 15) is 19.8 Å². The number of amides is 1. The smallest absolute Gasteiger partial charge is 0.309 e. The number of β-amino-alcohol motifs (C(OH)–C–C–N with tert-alkyl or cyclic N) is 1. The third-order valence-corrected chi connectivity index (χ3v) is 3.92. The molecule has 1 aliphatic heterocycles. The Bertz CT molecular complexity index is 560. The van der Waals surface area contributed by atoms with Crippen LogP contribution in [-0.4, -0.2) is 51.3 Å². The highest BCUT2D eigenvalue weighted by molar-refractivity contribution is 5.95. The van der Waals surface area contributed by atoms with Gasteiger partial charge in [-0.2, -0.15) is 0 Å². The minimum Gasteiger partial charge on any atom is -0.507 e. The molecule has 0 unspecified atom stereocenters. The maximum atomic E-state index is 12.4. The van der Waals surface area contributed by atoms with Gasteiger partial charge >= 0.3 is 5.97 Å². The van der Waals surface area contributed by atoms with E-state index in [1.54, 1.807) is 26.0 Å². The van der Waals surface area contributed by atoms with Crippen molar-refractivity contribution in [2.24, 2.45) is 5.92 Å². The van der Waals surface area contributed by atoms with E-state index in [0.29, 0.717) is 23.2 Å². The van der Waals surface area contributed by atoms with Crippen LogP contribution >= 0.6 is 0 Å². The number of likely N-dealkylation sites (tertiary alicyclic amines) is 1. The van der Waals surface area contributed by atoms with Gasteiger partial charge in [0.25, 0.3) is 5.91 Å². The Kier molecular flexibility index (Phi) is 4.18. The number of aromatic hydroxyl groups is 1. The van der Waals surface area contributed by atoms with Crippen molar-refractivity contribution in [2.45, 2.75) is 26.4 Å². The van der Waals surface area contributed by atoms with Gasteiger partial charge in [0.2, 0.25) is 0 Å². The number of phenols is 1. The number of aliphatic carboxylic acids is 1. The number of hydrogen-bond donors (Lipinski definition) is 3. The number of benzene rings is 1. The fraction of sp³-hybridized carbons (Fsp3) is 0.467. The van der Waals surface area contributed by atoms with Crippen molar-refractivity contribution in [1.29, 1.82) is 0 Å². The van der Waals surface area contributed by atoms with Gasteiger partial charge in [0.1, 0.15) is 5.75 Å². The van der Waals surface area contributed by atoms with Crippen molar-refractivity contribution in [3.05, 3.63) is 28.8 Å². The number of carbonyl (C=O) groups is 2. The number of piperidine rings is 1. The van der Waals surface area contributed by atoms with Crippen molar-refractivity contribution >= 4 is 11.9 Å². The number of aryl methyl sites for hydroxylation is 2. The largest absolute Gasteiger partial charge is 0.507 e. The van der Waals surface area contributed by atoms with Crippen LogP contribution < -0.4 is 0 Å². The maximum Gasteiger partial charge on any atom is 0.309 e. The lowest BCUT2D eigenvalue weighted by Gasteiger charge is -2.34. The zero-order valence-corrected chi connectivity index (χ0v) is 12.0. The number of carbonyl (C=O) groups excluding carboxylic acids is 1. The van der Waals surface area contributed by atoms with Crippen molar-refractivity contribution in [2.75, 3.05) is 13.1 Å². The van der Waals surface area contributed by atoms with E-state index in [-0.39, 0.29) is 24.6 Å². The monoisotopic (exact) mass is 293 g/mol. The predicted octanol–water partition coefficient (Wildman–Crippen LogP) is 0.917. The average Bonchev–Trinajstić information content (AvgIpc) is 2.42. The van der Waals surface area contributed by atoms with Gasteiger partial charge in [-0.15, -0.1) is 0 Å². The molecule has 1 aromatic carbocycles. The van der Waals surface area contributed by atoms with Crippen LogP contribution in [0.3, 0.4) is 0 Å². The highest BCUT2D eigenvalue weighted by Gasteiger charge is 2.34. The van der Waals surface area contributed by atoms with E-state index in [1.165, 1.54) is 4.90 Å². The van der Waals surface area contributed by atoms with E-state index in [4.69, 9.17) is 5.11 Å². The minimum absolute atomic E-state index is 0.00870. The van der Waals surface area contributed by atoms with E-state index < -0.39 is 18.0 Å². The molecule has 114 valence electrons. The predicted molar refractivity (Wildman–Crippen MR) is 75.2 cm³/mol. The lowest BCUT2D eigenvalue weighted by molar-refractivity contribution is -0.148. The van der Waals surface area contributed by atoms with E-state index in [0.717, 1.165) is 0 Å². The lowest BCUT2D eigenvalue weighted by atomic mass is 9.93. The van der Waals surface area contributed by atoms with E-state index >= 15 is 0 Å². The first kappa shape index (κ1) is 15.3. The SMILES string of the molecule is Cc1cc(C(=O)N2CC[C@H](C(=O)O)[C@H](O)C2)cc(C)c1O. The number of phenolic OH excluding ortho intramolecular Hbond substituents is 1. The summed E-state index contributed by atoms with van der Waals surface area (Å²) in [6.07, 6.45) is -0.822. The van der Waals surface area contributed by atoms with Gasteiger partial charge < -0.3 is 20.2 Å². The number of carboxylic acid groups (broad SMARTS) is 1. The summed E-state index contributed by atoms with van der Waals surface area (Å²) in [6, 6.07) is 3.20. The summed E-state index contributed by atoms with van der Waals surface area (Å²) in [6.45, 7) is 3.73. The van der Waals surface area contributed by atoms with Crippen LogP contribution in [0.1, 0.15) is 27.9 Å². The van der Waals surface area contributed by atoms with Crippen LogP contribution in [0.2, 0.25) is 0 Å². The first-order valence-electron chi connectivity index (χ1n) is 6.81. The highest BCUT2D eigenvalue weighted by atomic mass is 16.4. The topological polar surface area (TPSA) is 98.1 Å². The molecule has 2 rings (SSSR count). The summed E-state index contributed by atoms with van der Waals surface area (Å²) in [5, 5.41) is 28.5. The van der Waals surface area contributed by atoms with Gasteiger partial charge in [-0.1, -0.05) is 0 Å². The number of hydrogen-bond acceptors (Lipinski definition) is 4. The third-order valence-electron chi connectivity index (χ3n) is 3.92. The zero-order valence-electron chi connectivity index (χ0n) is 12.0. The molecule has 0 aromatic heterocycles. The van der Waals surface area contributed by atoms with E-state index in [2.05, 4.69) is 0 Å². The number of rotatable bonds is 2. The Morgan fingerprint density at radius 3 is 2.29 bits per heavy atom. The standard InChI is InChI=1S/C15H19NO5/c1-8-5-10(6-9(2)13(8)18)14(19)16-4-3-11(15(20)21)12(17)7-16/h5-6,11-12,17-18H,3-4,7H2,1-2H3,(H,20,21)/t11-,12+/m0/s1. The molecule has 1 saturated heterocycles. The van der Waals surface area contributed by atoms with E-state index in [1.807, 2.05) is 0 Å². The first-order valence-corrected chi connectivity index (χ1v) is 6.81. The molecule has 21 heavy (non-hydrogen) atoms. The summed E-state index contributed by atoms with van der Waals surface area (Å²) in [7, 11) is 0. The molecule has 0 bridgehead atoms. The van der Waals surface area contributed by atoms with Gasteiger partial charge in [-0.25, -0.2) is 0 Å². The quantitative estimate of drug-likeness (QED) is 0.753.